The second kappa shape index (κ2) is 9.02. The molecule has 2 fully saturated rings. The van der Waals surface area contributed by atoms with E-state index in [2.05, 4.69) is 6.92 Å². The molecular formula is C21H30N2O3S. The molecule has 0 saturated carbocycles. The van der Waals surface area contributed by atoms with Crippen LogP contribution in [0.25, 0.3) is 6.08 Å². The minimum atomic E-state index is -3.42. The van der Waals surface area contributed by atoms with Crippen LogP contribution in [0, 0.1) is 0 Å². The van der Waals surface area contributed by atoms with Gasteiger partial charge in [0.25, 0.3) is 0 Å². The molecule has 0 spiro atoms. The van der Waals surface area contributed by atoms with Gasteiger partial charge in [0.2, 0.25) is 15.9 Å². The van der Waals surface area contributed by atoms with E-state index in [4.69, 9.17) is 0 Å². The third kappa shape index (κ3) is 4.99. The normalized spacial score (nSPS) is 22.7. The van der Waals surface area contributed by atoms with Crippen molar-refractivity contribution in [3.8, 4) is 0 Å². The van der Waals surface area contributed by atoms with Crippen LogP contribution < -0.4 is 0 Å². The van der Waals surface area contributed by atoms with Crippen LogP contribution in [0.5, 0.6) is 0 Å². The number of sulfonamides is 1. The number of piperidine rings is 1. The lowest BCUT2D eigenvalue weighted by molar-refractivity contribution is -0.129. The highest BCUT2D eigenvalue weighted by Gasteiger charge is 2.25. The number of carbonyl (C=O) groups excluding carboxylic acids is 1. The minimum Gasteiger partial charge on any atom is -0.336 e. The standard InChI is InChI=1S/C21H30N2O3S/c1-18-8-4-7-17-23(18)21(24)14-11-19-9-12-20(13-10-19)27(25,26)22-15-5-2-3-6-16-22/h9-14,18H,2-8,15-17H2,1H3/b14-11+. The van der Waals surface area contributed by atoms with Crippen molar-refractivity contribution in [2.75, 3.05) is 19.6 Å². The molecule has 0 aromatic heterocycles. The first-order valence-electron chi connectivity index (χ1n) is 10.1. The largest absolute Gasteiger partial charge is 0.336 e. The van der Waals surface area contributed by atoms with E-state index >= 15 is 0 Å². The summed E-state index contributed by atoms with van der Waals surface area (Å²) in [4.78, 5) is 14.6. The molecule has 27 heavy (non-hydrogen) atoms. The summed E-state index contributed by atoms with van der Waals surface area (Å²) in [5.74, 6) is 0.0310. The van der Waals surface area contributed by atoms with E-state index < -0.39 is 10.0 Å². The highest BCUT2D eigenvalue weighted by atomic mass is 32.2. The van der Waals surface area contributed by atoms with Gasteiger partial charge >= 0.3 is 0 Å². The predicted octanol–water partition coefficient (Wildman–Crippen LogP) is 3.67. The van der Waals surface area contributed by atoms with Gasteiger partial charge < -0.3 is 4.90 Å². The summed E-state index contributed by atoms with van der Waals surface area (Å²) in [6, 6.07) is 7.13. The molecule has 0 N–H and O–H groups in total. The molecule has 0 bridgehead atoms. The SMILES string of the molecule is CC1CCCCN1C(=O)/C=C/c1ccc(S(=O)(=O)N2CCCCCC2)cc1. The number of nitrogens with zero attached hydrogens (tertiary/aromatic N) is 2. The average molecular weight is 391 g/mol. The molecule has 1 unspecified atom stereocenters. The lowest BCUT2D eigenvalue weighted by Crippen LogP contribution is -2.41. The minimum absolute atomic E-state index is 0.0310. The molecule has 1 atom stereocenters. The quantitative estimate of drug-likeness (QED) is 0.737. The molecule has 2 heterocycles. The van der Waals surface area contributed by atoms with E-state index in [1.165, 1.54) is 6.42 Å². The van der Waals surface area contributed by atoms with Crippen molar-refractivity contribution in [1.29, 1.82) is 0 Å². The number of likely N-dealkylation sites (tertiary alicyclic amines) is 1. The van der Waals surface area contributed by atoms with Crippen molar-refractivity contribution < 1.29 is 13.2 Å². The Morgan fingerprint density at radius 3 is 2.22 bits per heavy atom. The fourth-order valence-electron chi connectivity index (χ4n) is 3.87. The highest BCUT2D eigenvalue weighted by molar-refractivity contribution is 7.89. The molecule has 1 aromatic carbocycles. The first kappa shape index (κ1) is 20.1. The van der Waals surface area contributed by atoms with Gasteiger partial charge in [-0.3, -0.25) is 4.79 Å². The Morgan fingerprint density at radius 1 is 0.963 bits per heavy atom. The van der Waals surface area contributed by atoms with E-state index in [0.717, 1.165) is 50.6 Å². The summed E-state index contributed by atoms with van der Waals surface area (Å²) in [5, 5.41) is 0. The van der Waals surface area contributed by atoms with Crippen molar-refractivity contribution in [1.82, 2.24) is 9.21 Å². The lowest BCUT2D eigenvalue weighted by Gasteiger charge is -2.32. The number of amides is 1. The van der Waals surface area contributed by atoms with Crippen LogP contribution >= 0.6 is 0 Å². The molecular weight excluding hydrogens is 360 g/mol. The van der Waals surface area contributed by atoms with Crippen LogP contribution in [0.4, 0.5) is 0 Å². The first-order valence-corrected chi connectivity index (χ1v) is 11.5. The predicted molar refractivity (Wildman–Crippen MR) is 108 cm³/mol. The van der Waals surface area contributed by atoms with Gasteiger partial charge in [0.05, 0.1) is 4.90 Å². The number of carbonyl (C=O) groups is 1. The lowest BCUT2D eigenvalue weighted by atomic mass is 10.0. The van der Waals surface area contributed by atoms with Crippen LogP contribution in [0.2, 0.25) is 0 Å². The van der Waals surface area contributed by atoms with Gasteiger partial charge in [-0.25, -0.2) is 8.42 Å². The number of hydrogen-bond donors (Lipinski definition) is 0. The molecule has 0 radical (unpaired) electrons. The maximum absolute atomic E-state index is 12.8. The van der Waals surface area contributed by atoms with Gasteiger partial charge in [-0.2, -0.15) is 4.31 Å². The zero-order valence-corrected chi connectivity index (χ0v) is 17.0. The Morgan fingerprint density at radius 2 is 1.59 bits per heavy atom. The van der Waals surface area contributed by atoms with Gasteiger partial charge in [-0.1, -0.05) is 25.0 Å². The van der Waals surface area contributed by atoms with Crippen molar-refractivity contribution >= 4 is 22.0 Å². The third-order valence-electron chi connectivity index (χ3n) is 5.59. The van der Waals surface area contributed by atoms with Gasteiger partial charge in [0.1, 0.15) is 0 Å². The van der Waals surface area contributed by atoms with Gasteiger partial charge in [-0.15, -0.1) is 0 Å². The smallest absolute Gasteiger partial charge is 0.246 e. The van der Waals surface area contributed by atoms with Gasteiger partial charge in [0.15, 0.2) is 0 Å². The van der Waals surface area contributed by atoms with Crippen LogP contribution in [-0.2, 0) is 14.8 Å². The zero-order valence-electron chi connectivity index (χ0n) is 16.1. The van der Waals surface area contributed by atoms with E-state index in [-0.39, 0.29) is 11.9 Å². The Balaban J connectivity index is 1.66. The number of benzene rings is 1. The summed E-state index contributed by atoms with van der Waals surface area (Å²) >= 11 is 0. The molecule has 2 aliphatic rings. The molecule has 0 aliphatic carbocycles. The van der Waals surface area contributed by atoms with Gasteiger partial charge in [-0.05, 0) is 62.8 Å². The van der Waals surface area contributed by atoms with Crippen molar-refractivity contribution in [3.63, 3.8) is 0 Å². The molecule has 3 rings (SSSR count). The van der Waals surface area contributed by atoms with Crippen LogP contribution in [0.15, 0.2) is 35.2 Å². The summed E-state index contributed by atoms with van der Waals surface area (Å²) in [6.07, 6.45) is 10.7. The first-order chi connectivity index (χ1) is 13.0. The summed E-state index contributed by atoms with van der Waals surface area (Å²) < 4.78 is 27.2. The number of hydrogen-bond acceptors (Lipinski definition) is 3. The van der Waals surface area contributed by atoms with E-state index in [9.17, 15) is 13.2 Å². The van der Waals surface area contributed by atoms with Crippen molar-refractivity contribution in [2.45, 2.75) is 62.8 Å². The van der Waals surface area contributed by atoms with Gasteiger partial charge in [0, 0.05) is 31.8 Å². The fraction of sp³-hybridized carbons (Fsp3) is 0.571. The Labute approximate surface area is 163 Å². The zero-order chi connectivity index (χ0) is 19.3. The topological polar surface area (TPSA) is 57.7 Å². The molecule has 1 amide bonds. The van der Waals surface area contributed by atoms with Crippen LogP contribution in [-0.4, -0.2) is 49.2 Å². The van der Waals surface area contributed by atoms with E-state index in [1.807, 2.05) is 4.90 Å². The third-order valence-corrected chi connectivity index (χ3v) is 7.50. The summed E-state index contributed by atoms with van der Waals surface area (Å²) in [6.45, 7) is 4.11. The molecule has 2 aliphatic heterocycles. The maximum Gasteiger partial charge on any atom is 0.246 e. The summed E-state index contributed by atoms with van der Waals surface area (Å²) in [5.41, 5.74) is 0.836. The Bertz CT molecular complexity index is 763. The molecule has 2 saturated heterocycles. The molecule has 6 heteroatoms. The Kier molecular flexibility index (Phi) is 6.71. The van der Waals surface area contributed by atoms with Crippen LogP contribution in [0.3, 0.4) is 0 Å². The average Bonchev–Trinajstić information content (AvgIpc) is 2.97. The maximum atomic E-state index is 12.8. The van der Waals surface area contributed by atoms with Crippen molar-refractivity contribution in [2.24, 2.45) is 0 Å². The molecule has 148 valence electrons. The van der Waals surface area contributed by atoms with Crippen molar-refractivity contribution in [3.05, 3.63) is 35.9 Å². The van der Waals surface area contributed by atoms with Crippen LogP contribution in [0.1, 0.15) is 57.4 Å². The monoisotopic (exact) mass is 390 g/mol. The van der Waals surface area contributed by atoms with E-state index in [1.54, 1.807) is 40.7 Å². The highest BCUT2D eigenvalue weighted by Crippen LogP contribution is 2.21. The summed E-state index contributed by atoms with van der Waals surface area (Å²) in [7, 11) is -3.42. The second-order valence-electron chi connectivity index (χ2n) is 7.60. The van der Waals surface area contributed by atoms with E-state index in [0.29, 0.717) is 18.0 Å². The Hall–Kier alpha value is -1.66. The molecule has 1 aromatic rings. The molecule has 5 nitrogen and oxygen atoms in total. The fourth-order valence-corrected chi connectivity index (χ4v) is 5.39. The number of rotatable bonds is 4. The second-order valence-corrected chi connectivity index (χ2v) is 9.54.